The van der Waals surface area contributed by atoms with Crippen molar-refractivity contribution >= 4 is 17.8 Å². The number of ether oxygens (including phenoxy) is 3. The highest BCUT2D eigenvalue weighted by Crippen LogP contribution is 2.37. The van der Waals surface area contributed by atoms with Crippen LogP contribution in [0.25, 0.3) is 6.08 Å². The molecule has 0 bridgehead atoms. The van der Waals surface area contributed by atoms with Crippen LogP contribution in [0.1, 0.15) is 37.4 Å². The maximum atomic E-state index is 13.0. The molecule has 1 aliphatic rings. The van der Waals surface area contributed by atoms with Gasteiger partial charge in [-0.05, 0) is 60.0 Å². The number of halogens is 1. The Balaban J connectivity index is 1.52. The molecule has 0 radical (unpaired) electrons. The van der Waals surface area contributed by atoms with Crippen LogP contribution < -0.4 is 9.47 Å². The number of carbonyl (C=O) groups is 2. The molecule has 0 aliphatic carbocycles. The van der Waals surface area contributed by atoms with Gasteiger partial charge >= 0.3 is 5.97 Å². The maximum Gasteiger partial charge on any atom is 0.337 e. The lowest BCUT2D eigenvalue weighted by molar-refractivity contribution is 0.0600. The topological polar surface area (TPSA) is 61.8 Å². The number of hydrogen-bond donors (Lipinski definition) is 0. The molecule has 5 nitrogen and oxygen atoms in total. The van der Waals surface area contributed by atoms with E-state index in [1.165, 1.54) is 19.2 Å². The normalized spacial score (nSPS) is 13.6. The van der Waals surface area contributed by atoms with E-state index < -0.39 is 5.97 Å². The lowest BCUT2D eigenvalue weighted by Gasteiger charge is -2.09. The Morgan fingerprint density at radius 1 is 1.06 bits per heavy atom. The Morgan fingerprint density at radius 3 is 2.45 bits per heavy atom. The second-order valence-corrected chi connectivity index (χ2v) is 7.08. The van der Waals surface area contributed by atoms with Crippen LogP contribution in [0.2, 0.25) is 0 Å². The number of rotatable bonds is 5. The highest BCUT2D eigenvalue weighted by molar-refractivity contribution is 6.15. The van der Waals surface area contributed by atoms with Crippen LogP contribution in [-0.2, 0) is 11.3 Å². The van der Waals surface area contributed by atoms with Crippen molar-refractivity contribution in [2.75, 3.05) is 7.11 Å². The summed E-state index contributed by atoms with van der Waals surface area (Å²) >= 11 is 0. The highest BCUT2D eigenvalue weighted by atomic mass is 19.1. The van der Waals surface area contributed by atoms with E-state index in [9.17, 15) is 14.0 Å². The molecule has 0 saturated carbocycles. The van der Waals surface area contributed by atoms with Crippen LogP contribution in [0, 0.1) is 12.7 Å². The summed E-state index contributed by atoms with van der Waals surface area (Å²) in [4.78, 5) is 24.4. The highest BCUT2D eigenvalue weighted by Gasteiger charge is 2.30. The first-order chi connectivity index (χ1) is 14.9. The number of Topliss-reactive ketones (excluding diaryl/α,β-unsaturated/α-hetero) is 1. The Hall–Kier alpha value is -3.93. The maximum absolute atomic E-state index is 13.0. The molecule has 1 aliphatic heterocycles. The monoisotopic (exact) mass is 418 g/mol. The first-order valence-corrected chi connectivity index (χ1v) is 9.59. The van der Waals surface area contributed by atoms with E-state index in [0.29, 0.717) is 28.2 Å². The minimum absolute atomic E-state index is 0.194. The standard InChI is InChI=1S/C25H19FO5/c1-15-11-20(30-14-17-5-9-19(26)10-6-17)13-21-23(15)24(27)22(31-21)12-16-3-7-18(8-4-16)25(28)29-2/h3-13H,14H2,1-2H3/b22-12-. The van der Waals surface area contributed by atoms with Gasteiger partial charge in [0.05, 0.1) is 18.2 Å². The van der Waals surface area contributed by atoms with Crippen molar-refractivity contribution < 1.29 is 28.2 Å². The molecular formula is C25H19FO5. The van der Waals surface area contributed by atoms with Crippen LogP contribution >= 0.6 is 0 Å². The molecule has 31 heavy (non-hydrogen) atoms. The van der Waals surface area contributed by atoms with Gasteiger partial charge in [-0.25, -0.2) is 9.18 Å². The second-order valence-electron chi connectivity index (χ2n) is 7.08. The molecule has 0 amide bonds. The molecule has 6 heteroatoms. The van der Waals surface area contributed by atoms with Crippen molar-refractivity contribution in [2.45, 2.75) is 13.5 Å². The van der Waals surface area contributed by atoms with E-state index in [2.05, 4.69) is 4.74 Å². The molecule has 0 saturated heterocycles. The van der Waals surface area contributed by atoms with Gasteiger partial charge in [0.25, 0.3) is 0 Å². The summed E-state index contributed by atoms with van der Waals surface area (Å²) in [5, 5.41) is 0. The third-order valence-corrected chi connectivity index (χ3v) is 4.89. The summed E-state index contributed by atoms with van der Waals surface area (Å²) in [6, 6.07) is 16.2. The van der Waals surface area contributed by atoms with Crippen molar-refractivity contribution in [3.05, 3.63) is 100 Å². The zero-order valence-corrected chi connectivity index (χ0v) is 17.0. The molecule has 0 N–H and O–H groups in total. The SMILES string of the molecule is COC(=O)c1ccc(/C=C2\Oc3cc(OCc4ccc(F)cc4)cc(C)c3C2=O)cc1. The van der Waals surface area contributed by atoms with E-state index in [0.717, 1.165) is 11.1 Å². The third-order valence-electron chi connectivity index (χ3n) is 4.89. The van der Waals surface area contributed by atoms with Crippen molar-refractivity contribution in [2.24, 2.45) is 0 Å². The zero-order valence-electron chi connectivity index (χ0n) is 17.0. The quantitative estimate of drug-likeness (QED) is 0.425. The minimum atomic E-state index is -0.427. The smallest absolute Gasteiger partial charge is 0.337 e. The van der Waals surface area contributed by atoms with E-state index >= 15 is 0 Å². The molecule has 0 spiro atoms. The number of hydrogen-bond acceptors (Lipinski definition) is 5. The van der Waals surface area contributed by atoms with Gasteiger partial charge in [0.15, 0.2) is 5.76 Å². The van der Waals surface area contributed by atoms with E-state index in [-0.39, 0.29) is 24.0 Å². The summed E-state index contributed by atoms with van der Waals surface area (Å²) in [5.41, 5.74) is 3.19. The first kappa shape index (κ1) is 20.3. The van der Waals surface area contributed by atoms with Crippen molar-refractivity contribution in [3.63, 3.8) is 0 Å². The van der Waals surface area contributed by atoms with Gasteiger partial charge in [-0.15, -0.1) is 0 Å². The van der Waals surface area contributed by atoms with Gasteiger partial charge in [-0.1, -0.05) is 24.3 Å². The summed E-state index contributed by atoms with van der Waals surface area (Å²) in [7, 11) is 1.32. The predicted molar refractivity (Wildman–Crippen MR) is 113 cm³/mol. The predicted octanol–water partition coefficient (Wildman–Crippen LogP) is 5.12. The van der Waals surface area contributed by atoms with E-state index in [1.807, 2.05) is 6.92 Å². The molecule has 3 aromatic carbocycles. The number of fused-ring (bicyclic) bond motifs is 1. The van der Waals surface area contributed by atoms with Crippen LogP contribution in [0.5, 0.6) is 11.5 Å². The van der Waals surface area contributed by atoms with Crippen molar-refractivity contribution in [3.8, 4) is 11.5 Å². The number of benzene rings is 3. The fourth-order valence-electron chi connectivity index (χ4n) is 3.29. The fourth-order valence-corrected chi connectivity index (χ4v) is 3.29. The lowest BCUT2D eigenvalue weighted by atomic mass is 10.0. The van der Waals surface area contributed by atoms with E-state index in [1.54, 1.807) is 54.6 Å². The third kappa shape index (κ3) is 4.33. The molecule has 0 unspecified atom stereocenters. The number of allylic oxidation sites excluding steroid dienone is 1. The number of carbonyl (C=O) groups excluding carboxylic acids is 2. The number of methoxy groups -OCH3 is 1. The van der Waals surface area contributed by atoms with Gasteiger partial charge in [0.2, 0.25) is 5.78 Å². The van der Waals surface area contributed by atoms with Crippen LogP contribution in [0.4, 0.5) is 4.39 Å². The first-order valence-electron chi connectivity index (χ1n) is 9.59. The van der Waals surface area contributed by atoms with Gasteiger partial charge in [0, 0.05) is 6.07 Å². The number of aryl methyl sites for hydroxylation is 1. The average molecular weight is 418 g/mol. The Labute approximate surface area is 178 Å². The molecule has 0 atom stereocenters. The summed E-state index contributed by atoms with van der Waals surface area (Å²) in [6.45, 7) is 2.08. The molecule has 0 aromatic heterocycles. The minimum Gasteiger partial charge on any atom is -0.489 e. The molecule has 156 valence electrons. The Kier molecular flexibility index (Phi) is 5.54. The second kappa shape index (κ2) is 8.44. The summed E-state index contributed by atoms with van der Waals surface area (Å²) in [6.07, 6.45) is 1.63. The van der Waals surface area contributed by atoms with Crippen LogP contribution in [0.3, 0.4) is 0 Å². The molecule has 4 rings (SSSR count). The molecule has 3 aromatic rings. The van der Waals surface area contributed by atoms with Gasteiger partial charge in [-0.2, -0.15) is 0 Å². The van der Waals surface area contributed by atoms with Crippen LogP contribution in [0.15, 0.2) is 66.4 Å². The van der Waals surface area contributed by atoms with Crippen molar-refractivity contribution in [1.29, 1.82) is 0 Å². The average Bonchev–Trinajstić information content (AvgIpc) is 3.08. The van der Waals surface area contributed by atoms with E-state index in [4.69, 9.17) is 9.47 Å². The summed E-state index contributed by atoms with van der Waals surface area (Å²) in [5.74, 6) is 0.231. The molecule has 0 fully saturated rings. The van der Waals surface area contributed by atoms with Crippen LogP contribution in [-0.4, -0.2) is 18.9 Å². The number of esters is 1. The van der Waals surface area contributed by atoms with Gasteiger partial charge in [-0.3, -0.25) is 4.79 Å². The van der Waals surface area contributed by atoms with Gasteiger partial charge < -0.3 is 14.2 Å². The Morgan fingerprint density at radius 2 is 1.77 bits per heavy atom. The summed E-state index contributed by atoms with van der Waals surface area (Å²) < 4.78 is 29.3. The van der Waals surface area contributed by atoms with Gasteiger partial charge in [0.1, 0.15) is 23.9 Å². The van der Waals surface area contributed by atoms with Crippen molar-refractivity contribution in [1.82, 2.24) is 0 Å². The largest absolute Gasteiger partial charge is 0.489 e. The zero-order chi connectivity index (χ0) is 22.0. The lowest BCUT2D eigenvalue weighted by Crippen LogP contribution is -2.01. The Bertz CT molecular complexity index is 1180. The fraction of sp³-hybridized carbons (Fsp3) is 0.120. The molecule has 1 heterocycles. The number of ketones is 1. The molecular weight excluding hydrogens is 399 g/mol.